The fourth-order valence-electron chi connectivity index (χ4n) is 1.91. The zero-order valence-electron chi connectivity index (χ0n) is 12.8. The van der Waals surface area contributed by atoms with Gasteiger partial charge in [-0.1, -0.05) is 0 Å². The van der Waals surface area contributed by atoms with E-state index < -0.39 is 0 Å². The van der Waals surface area contributed by atoms with Gasteiger partial charge in [0.2, 0.25) is 0 Å². The quantitative estimate of drug-likeness (QED) is 0.568. The van der Waals surface area contributed by atoms with E-state index in [4.69, 9.17) is 12.2 Å². The SMILES string of the molecule is CCn1ncc(NC(=S)NNC(=O)Cn2ccc(C)n2)c1C. The molecule has 2 aromatic rings. The van der Waals surface area contributed by atoms with Crippen molar-refractivity contribution in [3.63, 3.8) is 0 Å². The fourth-order valence-corrected chi connectivity index (χ4v) is 2.07. The largest absolute Gasteiger partial charge is 0.329 e. The van der Waals surface area contributed by atoms with Crippen molar-refractivity contribution in [3.8, 4) is 0 Å². The molecule has 0 spiro atoms. The first-order valence-corrected chi connectivity index (χ1v) is 7.28. The number of aryl methyl sites for hydroxylation is 2. The van der Waals surface area contributed by atoms with Crippen molar-refractivity contribution >= 4 is 28.9 Å². The first-order chi connectivity index (χ1) is 10.5. The van der Waals surface area contributed by atoms with Crippen molar-refractivity contribution in [2.24, 2.45) is 0 Å². The number of hydrogen-bond donors (Lipinski definition) is 3. The van der Waals surface area contributed by atoms with Gasteiger partial charge in [0.15, 0.2) is 5.11 Å². The number of carbonyl (C=O) groups excluding carboxylic acids is 1. The summed E-state index contributed by atoms with van der Waals surface area (Å²) in [7, 11) is 0. The Kier molecular flexibility index (Phi) is 5.10. The highest BCUT2D eigenvalue weighted by molar-refractivity contribution is 7.80. The van der Waals surface area contributed by atoms with Gasteiger partial charge in [-0.2, -0.15) is 10.2 Å². The second kappa shape index (κ2) is 7.03. The average molecular weight is 321 g/mol. The minimum absolute atomic E-state index is 0.121. The van der Waals surface area contributed by atoms with Crippen molar-refractivity contribution in [3.05, 3.63) is 29.8 Å². The number of amides is 1. The Bertz CT molecular complexity index is 676. The molecule has 9 heteroatoms. The summed E-state index contributed by atoms with van der Waals surface area (Å²) in [6.07, 6.45) is 3.44. The lowest BCUT2D eigenvalue weighted by molar-refractivity contribution is -0.122. The predicted molar refractivity (Wildman–Crippen MR) is 87.1 cm³/mol. The maximum absolute atomic E-state index is 11.8. The molecule has 0 bridgehead atoms. The molecule has 2 rings (SSSR count). The van der Waals surface area contributed by atoms with E-state index in [2.05, 4.69) is 26.4 Å². The molecule has 0 aliphatic rings. The van der Waals surface area contributed by atoms with E-state index in [-0.39, 0.29) is 12.5 Å². The molecule has 0 aliphatic heterocycles. The van der Waals surface area contributed by atoms with Crippen LogP contribution in [0.3, 0.4) is 0 Å². The molecule has 0 unspecified atom stereocenters. The molecule has 0 fully saturated rings. The number of anilines is 1. The highest BCUT2D eigenvalue weighted by Gasteiger charge is 2.08. The van der Waals surface area contributed by atoms with Gasteiger partial charge >= 0.3 is 0 Å². The molecule has 2 aromatic heterocycles. The van der Waals surface area contributed by atoms with Crippen molar-refractivity contribution in [1.29, 1.82) is 0 Å². The van der Waals surface area contributed by atoms with Gasteiger partial charge in [-0.05, 0) is 39.1 Å². The van der Waals surface area contributed by atoms with E-state index in [1.54, 1.807) is 17.1 Å². The predicted octanol–water partition coefficient (Wildman–Crippen LogP) is 0.734. The number of carbonyl (C=O) groups is 1. The maximum Gasteiger partial charge on any atom is 0.260 e. The highest BCUT2D eigenvalue weighted by Crippen LogP contribution is 2.12. The molecule has 8 nitrogen and oxygen atoms in total. The summed E-state index contributed by atoms with van der Waals surface area (Å²) in [5.41, 5.74) is 7.82. The number of aromatic nitrogens is 4. The molecule has 0 radical (unpaired) electrons. The standard InChI is InChI=1S/C13H19N7OS/c1-4-20-10(3)11(7-14-20)15-13(22)17-16-12(21)8-19-6-5-9(2)18-19/h5-7H,4,8H2,1-3H3,(H,16,21)(H2,15,17,22). The monoisotopic (exact) mass is 321 g/mol. The Morgan fingerprint density at radius 1 is 1.36 bits per heavy atom. The first-order valence-electron chi connectivity index (χ1n) is 6.88. The van der Waals surface area contributed by atoms with Crippen LogP contribution in [0.4, 0.5) is 5.69 Å². The second-order valence-electron chi connectivity index (χ2n) is 4.74. The Labute approximate surface area is 133 Å². The van der Waals surface area contributed by atoms with Gasteiger partial charge in [-0.3, -0.25) is 25.0 Å². The van der Waals surface area contributed by atoms with Gasteiger partial charge < -0.3 is 5.32 Å². The highest BCUT2D eigenvalue weighted by atomic mass is 32.1. The van der Waals surface area contributed by atoms with E-state index in [0.717, 1.165) is 23.6 Å². The van der Waals surface area contributed by atoms with Crippen LogP contribution in [0.25, 0.3) is 0 Å². The molecule has 1 amide bonds. The van der Waals surface area contributed by atoms with Crippen LogP contribution in [0.1, 0.15) is 18.3 Å². The van der Waals surface area contributed by atoms with Crippen molar-refractivity contribution < 1.29 is 4.79 Å². The Morgan fingerprint density at radius 3 is 2.73 bits per heavy atom. The molecule has 118 valence electrons. The van der Waals surface area contributed by atoms with Crippen molar-refractivity contribution in [2.75, 3.05) is 5.32 Å². The molecule has 0 saturated heterocycles. The van der Waals surface area contributed by atoms with Gasteiger partial charge in [0.1, 0.15) is 6.54 Å². The van der Waals surface area contributed by atoms with Gasteiger partial charge in [-0.25, -0.2) is 0 Å². The Hall–Kier alpha value is -2.42. The molecule has 22 heavy (non-hydrogen) atoms. The maximum atomic E-state index is 11.8. The Morgan fingerprint density at radius 2 is 2.14 bits per heavy atom. The summed E-state index contributed by atoms with van der Waals surface area (Å²) in [6, 6.07) is 1.83. The minimum atomic E-state index is -0.242. The summed E-state index contributed by atoms with van der Waals surface area (Å²) >= 11 is 5.13. The zero-order valence-corrected chi connectivity index (χ0v) is 13.6. The van der Waals surface area contributed by atoms with Crippen molar-refractivity contribution in [1.82, 2.24) is 30.4 Å². The lowest BCUT2D eigenvalue weighted by Crippen LogP contribution is -2.45. The summed E-state index contributed by atoms with van der Waals surface area (Å²) in [5, 5.41) is 11.6. The van der Waals surface area contributed by atoms with Crippen LogP contribution in [0.2, 0.25) is 0 Å². The molecular formula is C13H19N7OS. The fraction of sp³-hybridized carbons (Fsp3) is 0.385. The van der Waals surface area contributed by atoms with Crippen LogP contribution in [0.5, 0.6) is 0 Å². The molecule has 0 aromatic carbocycles. The van der Waals surface area contributed by atoms with E-state index in [1.165, 1.54) is 0 Å². The summed E-state index contributed by atoms with van der Waals surface area (Å²) in [4.78, 5) is 11.8. The number of nitrogens with zero attached hydrogens (tertiary/aromatic N) is 4. The van der Waals surface area contributed by atoms with Crippen LogP contribution < -0.4 is 16.2 Å². The molecule has 2 heterocycles. The molecule has 0 aliphatic carbocycles. The van der Waals surface area contributed by atoms with Gasteiger partial charge in [0.05, 0.1) is 23.3 Å². The Balaban J connectivity index is 1.79. The third-order valence-corrected chi connectivity index (χ3v) is 3.25. The van der Waals surface area contributed by atoms with Crippen LogP contribution in [0.15, 0.2) is 18.5 Å². The van der Waals surface area contributed by atoms with Crippen molar-refractivity contribution in [2.45, 2.75) is 33.9 Å². The van der Waals surface area contributed by atoms with Gasteiger partial charge in [-0.15, -0.1) is 0 Å². The molecule has 0 atom stereocenters. The lowest BCUT2D eigenvalue weighted by Gasteiger charge is -2.11. The molecule has 0 saturated carbocycles. The topological polar surface area (TPSA) is 88.8 Å². The lowest BCUT2D eigenvalue weighted by atomic mass is 10.4. The van der Waals surface area contributed by atoms with E-state index in [9.17, 15) is 4.79 Å². The normalized spacial score (nSPS) is 10.3. The van der Waals surface area contributed by atoms with E-state index in [1.807, 2.05) is 31.5 Å². The average Bonchev–Trinajstić information content (AvgIpc) is 3.03. The number of hydrogen-bond acceptors (Lipinski definition) is 4. The van der Waals surface area contributed by atoms with E-state index >= 15 is 0 Å². The molecular weight excluding hydrogens is 302 g/mol. The number of hydrazine groups is 1. The summed E-state index contributed by atoms with van der Waals surface area (Å²) in [6.45, 7) is 6.73. The minimum Gasteiger partial charge on any atom is -0.329 e. The second-order valence-corrected chi connectivity index (χ2v) is 5.15. The van der Waals surface area contributed by atoms with Crippen LogP contribution in [-0.2, 0) is 17.9 Å². The zero-order chi connectivity index (χ0) is 16.1. The first kappa shape index (κ1) is 16.0. The number of rotatable bonds is 4. The van der Waals surface area contributed by atoms with Crippen LogP contribution in [-0.4, -0.2) is 30.6 Å². The third-order valence-electron chi connectivity index (χ3n) is 3.05. The van der Waals surface area contributed by atoms with Gasteiger partial charge in [0.25, 0.3) is 5.91 Å². The number of thiocarbonyl (C=S) groups is 1. The summed E-state index contributed by atoms with van der Waals surface area (Å²) in [5.74, 6) is -0.242. The summed E-state index contributed by atoms with van der Waals surface area (Å²) < 4.78 is 3.40. The third kappa shape index (κ3) is 4.04. The number of nitrogens with one attached hydrogen (secondary N) is 3. The van der Waals surface area contributed by atoms with Gasteiger partial charge in [0, 0.05) is 12.7 Å². The van der Waals surface area contributed by atoms with Crippen LogP contribution >= 0.6 is 12.2 Å². The van der Waals surface area contributed by atoms with Crippen LogP contribution in [0, 0.1) is 13.8 Å². The smallest absolute Gasteiger partial charge is 0.260 e. The van der Waals surface area contributed by atoms with E-state index in [0.29, 0.717) is 5.11 Å². The molecule has 3 N–H and O–H groups in total.